The second-order valence-electron chi connectivity index (χ2n) is 8.38. The summed E-state index contributed by atoms with van der Waals surface area (Å²) in [5.41, 5.74) is 4.32. The molecule has 1 unspecified atom stereocenters. The van der Waals surface area contributed by atoms with Gasteiger partial charge < -0.3 is 15.2 Å². The van der Waals surface area contributed by atoms with Crippen LogP contribution >= 0.6 is 0 Å². The normalized spacial score (nSPS) is 16.7. The Morgan fingerprint density at radius 3 is 2.75 bits per heavy atom. The first kappa shape index (κ1) is 20.4. The molecule has 1 atom stereocenters. The maximum atomic E-state index is 13.3. The average molecular weight is 431 g/mol. The lowest BCUT2D eigenvalue weighted by atomic mass is 10.0. The van der Waals surface area contributed by atoms with Gasteiger partial charge in [0.1, 0.15) is 5.82 Å². The number of aromatic amines is 1. The highest BCUT2D eigenvalue weighted by molar-refractivity contribution is 5.97. The van der Waals surface area contributed by atoms with E-state index in [1.54, 1.807) is 10.5 Å². The Bertz CT molecular complexity index is 1350. The van der Waals surface area contributed by atoms with E-state index in [0.29, 0.717) is 24.2 Å². The summed E-state index contributed by atoms with van der Waals surface area (Å²) in [5, 5.41) is 11.7. The van der Waals surface area contributed by atoms with Crippen molar-refractivity contribution in [2.24, 2.45) is 0 Å². The summed E-state index contributed by atoms with van der Waals surface area (Å²) in [5.74, 6) is 0.713. The standard InChI is InChI=1S/C24H26N6O2/c1-3-4-21-27-28-22-23(31)26-18-13-17(9-10-20(18)30(21)22)24(32)29-12-11-25-19(14-29)16-7-5-15(2)6-8-16/h5-10,13,19,25H,3-4,11-12,14H2,1-2H3,(H,26,31). The fourth-order valence-electron chi connectivity index (χ4n) is 4.38. The minimum Gasteiger partial charge on any atom is -0.335 e. The van der Waals surface area contributed by atoms with Crippen LogP contribution in [0, 0.1) is 6.92 Å². The van der Waals surface area contributed by atoms with Crippen molar-refractivity contribution in [1.29, 1.82) is 0 Å². The summed E-state index contributed by atoms with van der Waals surface area (Å²) >= 11 is 0. The molecular weight excluding hydrogens is 404 g/mol. The molecule has 8 nitrogen and oxygen atoms in total. The molecule has 1 aliphatic rings. The molecule has 1 amide bonds. The van der Waals surface area contributed by atoms with Crippen molar-refractivity contribution in [2.75, 3.05) is 19.6 Å². The van der Waals surface area contributed by atoms with Crippen LogP contribution < -0.4 is 10.9 Å². The lowest BCUT2D eigenvalue weighted by Crippen LogP contribution is -2.48. The minimum absolute atomic E-state index is 0.0380. The number of nitrogens with zero attached hydrogens (tertiary/aromatic N) is 4. The van der Waals surface area contributed by atoms with Crippen LogP contribution in [0.25, 0.3) is 16.7 Å². The SMILES string of the molecule is CCCc1nnc2c(=O)[nH]c3cc(C(=O)N4CCNC(c5ccc(C)cc5)C4)ccc3n12. The van der Waals surface area contributed by atoms with E-state index in [4.69, 9.17) is 0 Å². The number of H-pyrrole nitrogens is 1. The first-order chi connectivity index (χ1) is 15.5. The predicted molar refractivity (Wildman–Crippen MR) is 123 cm³/mol. The lowest BCUT2D eigenvalue weighted by molar-refractivity contribution is 0.0703. The molecule has 164 valence electrons. The zero-order chi connectivity index (χ0) is 22.2. The van der Waals surface area contributed by atoms with E-state index in [2.05, 4.69) is 58.6 Å². The van der Waals surface area contributed by atoms with Crippen molar-refractivity contribution >= 4 is 22.6 Å². The highest BCUT2D eigenvalue weighted by Crippen LogP contribution is 2.21. The van der Waals surface area contributed by atoms with Gasteiger partial charge in [0.25, 0.3) is 11.5 Å². The molecule has 8 heteroatoms. The number of benzene rings is 2. The Kier molecular flexibility index (Phi) is 5.22. The fraction of sp³-hybridized carbons (Fsp3) is 0.333. The number of nitrogens with one attached hydrogen (secondary N) is 2. The molecule has 4 aromatic rings. The van der Waals surface area contributed by atoms with Crippen molar-refractivity contribution in [3.8, 4) is 0 Å². The number of aryl methyl sites for hydroxylation is 2. The second-order valence-corrected chi connectivity index (χ2v) is 8.38. The number of aromatic nitrogens is 4. The molecule has 2 aromatic carbocycles. The van der Waals surface area contributed by atoms with Crippen molar-refractivity contribution in [3.63, 3.8) is 0 Å². The average Bonchev–Trinajstić information content (AvgIpc) is 3.24. The lowest BCUT2D eigenvalue weighted by Gasteiger charge is -2.34. The third-order valence-electron chi connectivity index (χ3n) is 6.08. The molecule has 3 heterocycles. The van der Waals surface area contributed by atoms with Crippen molar-refractivity contribution in [3.05, 3.63) is 75.3 Å². The molecule has 1 fully saturated rings. The first-order valence-corrected chi connectivity index (χ1v) is 11.0. The summed E-state index contributed by atoms with van der Waals surface area (Å²) < 4.78 is 1.80. The molecule has 5 rings (SSSR count). The van der Waals surface area contributed by atoms with Gasteiger partial charge in [0.2, 0.25) is 5.65 Å². The second kappa shape index (κ2) is 8.20. The summed E-state index contributed by atoms with van der Waals surface area (Å²) in [7, 11) is 0. The number of carbonyl (C=O) groups excluding carboxylic acids is 1. The number of rotatable bonds is 4. The van der Waals surface area contributed by atoms with E-state index in [1.165, 1.54) is 11.1 Å². The van der Waals surface area contributed by atoms with E-state index >= 15 is 0 Å². The summed E-state index contributed by atoms with van der Waals surface area (Å²) in [6, 6.07) is 14.0. The van der Waals surface area contributed by atoms with Crippen LogP contribution in [0.3, 0.4) is 0 Å². The molecule has 0 spiro atoms. The van der Waals surface area contributed by atoms with Gasteiger partial charge in [-0.05, 0) is 37.1 Å². The zero-order valence-electron chi connectivity index (χ0n) is 18.3. The fourth-order valence-corrected chi connectivity index (χ4v) is 4.38. The van der Waals surface area contributed by atoms with Crippen molar-refractivity contribution in [2.45, 2.75) is 32.7 Å². The quantitative estimate of drug-likeness (QED) is 0.519. The van der Waals surface area contributed by atoms with E-state index in [9.17, 15) is 9.59 Å². The number of piperazine rings is 1. The van der Waals surface area contributed by atoms with E-state index in [0.717, 1.165) is 30.7 Å². The molecule has 0 bridgehead atoms. The monoisotopic (exact) mass is 430 g/mol. The van der Waals surface area contributed by atoms with Crippen molar-refractivity contribution in [1.82, 2.24) is 29.8 Å². The highest BCUT2D eigenvalue weighted by atomic mass is 16.2. The van der Waals surface area contributed by atoms with E-state index in [-0.39, 0.29) is 23.2 Å². The zero-order valence-corrected chi connectivity index (χ0v) is 18.3. The molecule has 2 aromatic heterocycles. The van der Waals surface area contributed by atoms with Crippen LogP contribution in [-0.2, 0) is 6.42 Å². The molecular formula is C24H26N6O2. The number of hydrogen-bond donors (Lipinski definition) is 2. The summed E-state index contributed by atoms with van der Waals surface area (Å²) in [6.45, 7) is 6.10. The molecule has 0 aliphatic carbocycles. The van der Waals surface area contributed by atoms with Gasteiger partial charge in [-0.2, -0.15) is 0 Å². The van der Waals surface area contributed by atoms with Crippen molar-refractivity contribution < 1.29 is 4.79 Å². The maximum absolute atomic E-state index is 13.3. The number of fused-ring (bicyclic) bond motifs is 3. The molecule has 1 saturated heterocycles. The Morgan fingerprint density at radius 2 is 1.97 bits per heavy atom. The molecule has 32 heavy (non-hydrogen) atoms. The van der Waals surface area contributed by atoms with Gasteiger partial charge in [-0.15, -0.1) is 10.2 Å². The number of carbonyl (C=O) groups is 1. The topological polar surface area (TPSA) is 95.4 Å². The van der Waals surface area contributed by atoms with Gasteiger partial charge >= 0.3 is 0 Å². The highest BCUT2D eigenvalue weighted by Gasteiger charge is 2.25. The molecule has 2 N–H and O–H groups in total. The first-order valence-electron chi connectivity index (χ1n) is 11.0. The molecule has 0 saturated carbocycles. The van der Waals surface area contributed by atoms with Gasteiger partial charge in [0.05, 0.1) is 11.0 Å². The van der Waals surface area contributed by atoms with Gasteiger partial charge in [-0.1, -0.05) is 36.8 Å². The third kappa shape index (κ3) is 3.56. The van der Waals surface area contributed by atoms with Gasteiger partial charge in [0.15, 0.2) is 0 Å². The van der Waals surface area contributed by atoms with Gasteiger partial charge in [0, 0.05) is 37.7 Å². The summed E-state index contributed by atoms with van der Waals surface area (Å²) in [4.78, 5) is 30.6. The van der Waals surface area contributed by atoms with E-state index in [1.807, 2.05) is 17.0 Å². The van der Waals surface area contributed by atoms with E-state index < -0.39 is 0 Å². The summed E-state index contributed by atoms with van der Waals surface area (Å²) in [6.07, 6.45) is 1.62. The van der Waals surface area contributed by atoms with Gasteiger partial charge in [-0.3, -0.25) is 14.0 Å². The van der Waals surface area contributed by atoms with Crippen LogP contribution in [-0.4, -0.2) is 50.0 Å². The minimum atomic E-state index is -0.307. The Morgan fingerprint density at radius 1 is 1.16 bits per heavy atom. The smallest absolute Gasteiger partial charge is 0.294 e. The molecule has 0 radical (unpaired) electrons. The Labute approximate surface area is 185 Å². The third-order valence-corrected chi connectivity index (χ3v) is 6.08. The van der Waals surface area contributed by atoms with Crippen LogP contribution in [0.5, 0.6) is 0 Å². The van der Waals surface area contributed by atoms with Crippen LogP contribution in [0.15, 0.2) is 47.3 Å². The van der Waals surface area contributed by atoms with Crippen LogP contribution in [0.2, 0.25) is 0 Å². The largest absolute Gasteiger partial charge is 0.335 e. The Balaban J connectivity index is 1.47. The van der Waals surface area contributed by atoms with Gasteiger partial charge in [-0.25, -0.2) is 0 Å². The predicted octanol–water partition coefficient (Wildman–Crippen LogP) is 2.62. The Hall–Kier alpha value is -3.52. The number of amides is 1. The number of hydrogen-bond acceptors (Lipinski definition) is 5. The molecule has 1 aliphatic heterocycles. The van der Waals surface area contributed by atoms with Crippen LogP contribution in [0.1, 0.15) is 46.7 Å². The van der Waals surface area contributed by atoms with Crippen LogP contribution in [0.4, 0.5) is 0 Å². The maximum Gasteiger partial charge on any atom is 0.294 e.